The number of hydrogen-bond donors (Lipinski definition) is 2. The van der Waals surface area contributed by atoms with Crippen molar-refractivity contribution < 1.29 is 9.21 Å². The van der Waals surface area contributed by atoms with E-state index >= 15 is 0 Å². The van der Waals surface area contributed by atoms with E-state index in [0.29, 0.717) is 18.0 Å². The van der Waals surface area contributed by atoms with Gasteiger partial charge in [-0.15, -0.1) is 0 Å². The van der Waals surface area contributed by atoms with E-state index in [0.717, 1.165) is 17.5 Å². The largest absolute Gasteiger partial charge is 0.437 e. The number of hydrogen-bond acceptors (Lipinski definition) is 3. The second-order valence-electron chi connectivity index (χ2n) is 5.75. The van der Waals surface area contributed by atoms with Crippen molar-refractivity contribution >= 4 is 34.0 Å². The summed E-state index contributed by atoms with van der Waals surface area (Å²) in [6, 6.07) is 15.6. The van der Waals surface area contributed by atoms with Gasteiger partial charge in [-0.05, 0) is 30.2 Å². The first-order valence-electron chi connectivity index (χ1n) is 8.16. The van der Waals surface area contributed by atoms with Crippen molar-refractivity contribution in [2.45, 2.75) is 6.42 Å². The van der Waals surface area contributed by atoms with Crippen molar-refractivity contribution in [3.63, 3.8) is 0 Å². The molecule has 0 aliphatic carbocycles. The standard InChI is InChI=1S/C20H17N3O2/c24-19(9-10-20-23-17-7-3-4-8-18(17)25-20)21-12-11-14-13-22-16-6-2-1-5-15(14)16/h1-10,13,22H,11-12H2,(H,21,24)/b10-9+. The summed E-state index contributed by atoms with van der Waals surface area (Å²) in [4.78, 5) is 19.5. The zero-order chi connectivity index (χ0) is 17.1. The van der Waals surface area contributed by atoms with Crippen LogP contribution < -0.4 is 5.32 Å². The van der Waals surface area contributed by atoms with Gasteiger partial charge < -0.3 is 14.7 Å². The van der Waals surface area contributed by atoms with Crippen molar-refractivity contribution in [1.82, 2.24) is 15.3 Å². The summed E-state index contributed by atoms with van der Waals surface area (Å²) in [5.41, 5.74) is 3.79. The van der Waals surface area contributed by atoms with Crippen LogP contribution >= 0.6 is 0 Å². The monoisotopic (exact) mass is 331 g/mol. The van der Waals surface area contributed by atoms with Gasteiger partial charge in [-0.3, -0.25) is 4.79 Å². The summed E-state index contributed by atoms with van der Waals surface area (Å²) in [6.07, 6.45) is 5.79. The average Bonchev–Trinajstić information content (AvgIpc) is 3.24. The lowest BCUT2D eigenvalue weighted by Gasteiger charge is -2.01. The molecule has 2 aromatic carbocycles. The molecule has 1 amide bonds. The molecule has 5 nitrogen and oxygen atoms in total. The molecule has 0 saturated carbocycles. The summed E-state index contributed by atoms with van der Waals surface area (Å²) in [7, 11) is 0. The third kappa shape index (κ3) is 3.30. The predicted octanol–water partition coefficient (Wildman–Crippen LogP) is 3.68. The molecule has 2 N–H and O–H groups in total. The minimum atomic E-state index is -0.165. The molecule has 124 valence electrons. The summed E-state index contributed by atoms with van der Waals surface area (Å²) < 4.78 is 5.55. The van der Waals surface area contributed by atoms with E-state index in [9.17, 15) is 4.79 Å². The van der Waals surface area contributed by atoms with Gasteiger partial charge in [0.1, 0.15) is 5.52 Å². The van der Waals surface area contributed by atoms with Gasteiger partial charge in [-0.1, -0.05) is 30.3 Å². The first-order chi connectivity index (χ1) is 12.3. The van der Waals surface area contributed by atoms with Crippen LogP contribution in [0.3, 0.4) is 0 Å². The number of H-pyrrole nitrogens is 1. The van der Waals surface area contributed by atoms with Crippen LogP contribution in [-0.4, -0.2) is 22.4 Å². The van der Waals surface area contributed by atoms with Gasteiger partial charge >= 0.3 is 0 Å². The highest BCUT2D eigenvalue weighted by atomic mass is 16.3. The van der Waals surface area contributed by atoms with Crippen molar-refractivity contribution in [2.75, 3.05) is 6.54 Å². The Morgan fingerprint density at radius 3 is 2.92 bits per heavy atom. The van der Waals surface area contributed by atoms with E-state index in [1.54, 1.807) is 6.08 Å². The first kappa shape index (κ1) is 15.2. The van der Waals surface area contributed by atoms with Gasteiger partial charge in [-0.25, -0.2) is 4.98 Å². The van der Waals surface area contributed by atoms with Gasteiger partial charge in [0.25, 0.3) is 0 Å². The van der Waals surface area contributed by atoms with E-state index in [2.05, 4.69) is 21.4 Å². The highest BCUT2D eigenvalue weighted by Gasteiger charge is 2.04. The van der Waals surface area contributed by atoms with Gasteiger partial charge in [0.15, 0.2) is 5.58 Å². The average molecular weight is 331 g/mol. The van der Waals surface area contributed by atoms with Crippen molar-refractivity contribution in [2.24, 2.45) is 0 Å². The molecule has 0 radical (unpaired) electrons. The molecule has 4 aromatic rings. The number of carbonyl (C=O) groups is 1. The SMILES string of the molecule is O=C(/C=C/c1nc2ccccc2o1)NCCc1c[nH]c2ccccc12. The van der Waals surface area contributed by atoms with Crippen LogP contribution in [0.25, 0.3) is 28.1 Å². The summed E-state index contributed by atoms with van der Waals surface area (Å²) >= 11 is 0. The number of nitrogens with one attached hydrogen (secondary N) is 2. The third-order valence-electron chi connectivity index (χ3n) is 4.06. The highest BCUT2D eigenvalue weighted by Crippen LogP contribution is 2.18. The van der Waals surface area contributed by atoms with Crippen LogP contribution in [0.2, 0.25) is 0 Å². The number of fused-ring (bicyclic) bond motifs is 2. The van der Waals surface area contributed by atoms with E-state index in [-0.39, 0.29) is 5.91 Å². The molecule has 4 rings (SSSR count). The Labute approximate surface area is 144 Å². The van der Waals surface area contributed by atoms with E-state index in [1.165, 1.54) is 17.0 Å². The smallest absolute Gasteiger partial charge is 0.244 e. The number of aromatic amines is 1. The minimum Gasteiger partial charge on any atom is -0.437 e. The number of rotatable bonds is 5. The zero-order valence-corrected chi connectivity index (χ0v) is 13.5. The van der Waals surface area contributed by atoms with E-state index in [1.807, 2.05) is 48.7 Å². The van der Waals surface area contributed by atoms with Crippen LogP contribution in [0.1, 0.15) is 11.5 Å². The number of carbonyl (C=O) groups excluding carboxylic acids is 1. The summed E-state index contributed by atoms with van der Waals surface area (Å²) in [5, 5.41) is 4.07. The van der Waals surface area contributed by atoms with E-state index in [4.69, 9.17) is 4.42 Å². The molecule has 0 fully saturated rings. The lowest BCUT2D eigenvalue weighted by molar-refractivity contribution is -0.116. The zero-order valence-electron chi connectivity index (χ0n) is 13.5. The number of para-hydroxylation sites is 3. The number of aromatic nitrogens is 2. The Morgan fingerprint density at radius 1 is 1.16 bits per heavy atom. The van der Waals surface area contributed by atoms with Crippen molar-refractivity contribution in [3.8, 4) is 0 Å². The lowest BCUT2D eigenvalue weighted by atomic mass is 10.1. The topological polar surface area (TPSA) is 70.9 Å². The van der Waals surface area contributed by atoms with Crippen molar-refractivity contribution in [1.29, 1.82) is 0 Å². The number of amides is 1. The van der Waals surface area contributed by atoms with Crippen LogP contribution in [0, 0.1) is 0 Å². The normalized spacial score (nSPS) is 11.5. The molecule has 5 heteroatoms. The maximum absolute atomic E-state index is 11.9. The maximum atomic E-state index is 11.9. The first-order valence-corrected chi connectivity index (χ1v) is 8.16. The highest BCUT2D eigenvalue weighted by molar-refractivity contribution is 5.91. The van der Waals surface area contributed by atoms with E-state index < -0.39 is 0 Å². The van der Waals surface area contributed by atoms with Gasteiger partial charge in [0, 0.05) is 35.8 Å². The second kappa shape index (κ2) is 6.65. The fraction of sp³-hybridized carbons (Fsp3) is 0.100. The quantitative estimate of drug-likeness (QED) is 0.548. The molecule has 2 heterocycles. The Hall–Kier alpha value is -3.34. The Bertz CT molecular complexity index is 1030. The van der Waals surface area contributed by atoms with Gasteiger partial charge in [0.2, 0.25) is 11.8 Å². The molecule has 0 unspecified atom stereocenters. The fourth-order valence-corrected chi connectivity index (χ4v) is 2.83. The van der Waals surface area contributed by atoms with Crippen LogP contribution in [0.4, 0.5) is 0 Å². The minimum absolute atomic E-state index is 0.165. The summed E-state index contributed by atoms with van der Waals surface area (Å²) in [5.74, 6) is 0.259. The molecule has 0 atom stereocenters. The molecule has 2 aromatic heterocycles. The molecule has 0 spiro atoms. The predicted molar refractivity (Wildman–Crippen MR) is 98.1 cm³/mol. The van der Waals surface area contributed by atoms with Crippen LogP contribution in [0.15, 0.2) is 65.2 Å². The van der Waals surface area contributed by atoms with Gasteiger partial charge in [-0.2, -0.15) is 0 Å². The van der Waals surface area contributed by atoms with Crippen LogP contribution in [-0.2, 0) is 11.2 Å². The molecule has 25 heavy (non-hydrogen) atoms. The van der Waals surface area contributed by atoms with Crippen molar-refractivity contribution in [3.05, 3.63) is 72.3 Å². The fourth-order valence-electron chi connectivity index (χ4n) is 2.83. The number of nitrogens with zero attached hydrogens (tertiary/aromatic N) is 1. The second-order valence-corrected chi connectivity index (χ2v) is 5.75. The number of oxazole rings is 1. The molecule has 0 bridgehead atoms. The Kier molecular flexibility index (Phi) is 4.04. The van der Waals surface area contributed by atoms with Crippen LogP contribution in [0.5, 0.6) is 0 Å². The molecular weight excluding hydrogens is 314 g/mol. The summed E-state index contributed by atoms with van der Waals surface area (Å²) in [6.45, 7) is 0.568. The Balaban J connectivity index is 1.34. The Morgan fingerprint density at radius 2 is 2.00 bits per heavy atom. The van der Waals surface area contributed by atoms with Gasteiger partial charge in [0.05, 0.1) is 0 Å². The number of benzene rings is 2. The lowest BCUT2D eigenvalue weighted by Crippen LogP contribution is -2.23. The molecular formula is C20H17N3O2. The molecule has 0 aliphatic rings. The third-order valence-corrected chi connectivity index (χ3v) is 4.06. The molecule has 0 aliphatic heterocycles. The molecule has 0 saturated heterocycles. The maximum Gasteiger partial charge on any atom is 0.244 e.